The van der Waals surface area contributed by atoms with Gasteiger partial charge in [0, 0.05) is 10.7 Å². The van der Waals surface area contributed by atoms with Crippen LogP contribution in [-0.2, 0) is 16.1 Å². The highest BCUT2D eigenvalue weighted by molar-refractivity contribution is 6.36. The zero-order valence-corrected chi connectivity index (χ0v) is 16.9. The summed E-state index contributed by atoms with van der Waals surface area (Å²) in [6.07, 6.45) is 0. The molecular formula is C24H18ClFN2O2. The highest BCUT2D eigenvalue weighted by atomic mass is 35.5. The van der Waals surface area contributed by atoms with E-state index in [-0.39, 0.29) is 17.8 Å². The number of hydrogen-bond donors (Lipinski definition) is 1. The predicted octanol–water partition coefficient (Wildman–Crippen LogP) is 5.18. The molecule has 2 amide bonds. The number of nitrogens with one attached hydrogen (secondary N) is 1. The molecule has 1 aliphatic heterocycles. The lowest BCUT2D eigenvalue weighted by atomic mass is 10.0. The van der Waals surface area contributed by atoms with E-state index in [0.717, 1.165) is 11.1 Å². The van der Waals surface area contributed by atoms with Crippen LogP contribution in [0.4, 0.5) is 10.1 Å². The Morgan fingerprint density at radius 2 is 1.63 bits per heavy atom. The molecule has 30 heavy (non-hydrogen) atoms. The van der Waals surface area contributed by atoms with Gasteiger partial charge in [-0.25, -0.2) is 4.39 Å². The Morgan fingerprint density at radius 3 is 2.30 bits per heavy atom. The van der Waals surface area contributed by atoms with E-state index in [1.807, 2.05) is 31.2 Å². The van der Waals surface area contributed by atoms with Crippen LogP contribution in [0.25, 0.3) is 5.57 Å². The van der Waals surface area contributed by atoms with Gasteiger partial charge >= 0.3 is 0 Å². The smallest absolute Gasteiger partial charge is 0.278 e. The lowest BCUT2D eigenvalue weighted by Crippen LogP contribution is -2.32. The van der Waals surface area contributed by atoms with Gasteiger partial charge in [-0.15, -0.1) is 0 Å². The van der Waals surface area contributed by atoms with E-state index in [1.54, 1.807) is 24.3 Å². The Balaban J connectivity index is 1.73. The minimum absolute atomic E-state index is 0.110. The summed E-state index contributed by atoms with van der Waals surface area (Å²) < 4.78 is 13.4. The van der Waals surface area contributed by atoms with E-state index >= 15 is 0 Å². The summed E-state index contributed by atoms with van der Waals surface area (Å²) in [5, 5.41) is 3.68. The number of benzene rings is 3. The number of nitrogens with zero attached hydrogens (tertiary/aromatic N) is 1. The van der Waals surface area contributed by atoms with E-state index in [9.17, 15) is 14.0 Å². The molecule has 0 fully saturated rings. The Kier molecular flexibility index (Phi) is 5.38. The average molecular weight is 421 g/mol. The predicted molar refractivity (Wildman–Crippen MR) is 115 cm³/mol. The molecule has 0 saturated heterocycles. The molecule has 0 saturated carbocycles. The summed E-state index contributed by atoms with van der Waals surface area (Å²) in [7, 11) is 0. The second kappa shape index (κ2) is 8.13. The van der Waals surface area contributed by atoms with Gasteiger partial charge in [-0.05, 0) is 60.0 Å². The van der Waals surface area contributed by atoms with Crippen molar-refractivity contribution in [1.29, 1.82) is 0 Å². The van der Waals surface area contributed by atoms with Crippen molar-refractivity contribution >= 4 is 34.7 Å². The maximum Gasteiger partial charge on any atom is 0.278 e. The maximum absolute atomic E-state index is 13.4. The van der Waals surface area contributed by atoms with Crippen molar-refractivity contribution in [3.63, 3.8) is 0 Å². The Morgan fingerprint density at radius 1 is 0.933 bits per heavy atom. The van der Waals surface area contributed by atoms with Gasteiger partial charge in [-0.3, -0.25) is 14.5 Å². The first kappa shape index (κ1) is 19.9. The average Bonchev–Trinajstić information content (AvgIpc) is 2.95. The number of amides is 2. The summed E-state index contributed by atoms with van der Waals surface area (Å²) in [4.78, 5) is 27.6. The van der Waals surface area contributed by atoms with E-state index in [1.165, 1.54) is 29.2 Å². The van der Waals surface area contributed by atoms with Crippen molar-refractivity contribution < 1.29 is 14.0 Å². The molecule has 0 spiro atoms. The maximum atomic E-state index is 13.4. The first-order valence-electron chi connectivity index (χ1n) is 9.37. The summed E-state index contributed by atoms with van der Waals surface area (Å²) in [6.45, 7) is 2.05. The van der Waals surface area contributed by atoms with Gasteiger partial charge in [0.1, 0.15) is 11.5 Å². The number of anilines is 1. The Bertz CT molecular complexity index is 1150. The van der Waals surface area contributed by atoms with Gasteiger partial charge in [-0.1, -0.05) is 48.0 Å². The third-order valence-electron chi connectivity index (χ3n) is 4.84. The van der Waals surface area contributed by atoms with Crippen LogP contribution in [0.3, 0.4) is 0 Å². The SMILES string of the molecule is Cc1cccc(NC2=C(c3ccc(F)cc3)C(=O)N(Cc3ccc(Cl)cc3)C2=O)c1. The number of carbonyl (C=O) groups is 2. The molecule has 0 radical (unpaired) electrons. The van der Waals surface area contributed by atoms with Crippen molar-refractivity contribution in [2.24, 2.45) is 0 Å². The second-order valence-corrected chi connectivity index (χ2v) is 7.51. The molecule has 0 atom stereocenters. The van der Waals surface area contributed by atoms with Crippen molar-refractivity contribution in [2.45, 2.75) is 13.5 Å². The molecule has 0 aliphatic carbocycles. The topological polar surface area (TPSA) is 49.4 Å². The highest BCUT2D eigenvalue weighted by Gasteiger charge is 2.39. The van der Waals surface area contributed by atoms with Crippen LogP contribution in [0.2, 0.25) is 5.02 Å². The van der Waals surface area contributed by atoms with Gasteiger partial charge < -0.3 is 5.32 Å². The molecule has 0 bridgehead atoms. The monoisotopic (exact) mass is 420 g/mol. The minimum atomic E-state index is -0.434. The lowest BCUT2D eigenvalue weighted by molar-refractivity contribution is -0.137. The Labute approximate surface area is 178 Å². The van der Waals surface area contributed by atoms with Crippen molar-refractivity contribution in [2.75, 3.05) is 5.32 Å². The number of imide groups is 1. The molecule has 1 heterocycles. The highest BCUT2D eigenvalue weighted by Crippen LogP contribution is 2.32. The molecule has 4 rings (SSSR count). The molecule has 0 aromatic heterocycles. The molecule has 3 aromatic carbocycles. The zero-order chi connectivity index (χ0) is 21.3. The Hall–Kier alpha value is -3.44. The molecule has 0 unspecified atom stereocenters. The lowest BCUT2D eigenvalue weighted by Gasteiger charge is -2.15. The summed E-state index contributed by atoms with van der Waals surface area (Å²) in [5.74, 6) is -1.28. The molecule has 3 aromatic rings. The van der Waals surface area contributed by atoms with Crippen molar-refractivity contribution in [3.8, 4) is 0 Å². The number of hydrogen-bond acceptors (Lipinski definition) is 3. The van der Waals surface area contributed by atoms with Gasteiger partial charge in [0.05, 0.1) is 12.1 Å². The normalized spacial score (nSPS) is 13.9. The van der Waals surface area contributed by atoms with Gasteiger partial charge in [0.15, 0.2) is 0 Å². The van der Waals surface area contributed by atoms with Crippen LogP contribution in [0.15, 0.2) is 78.5 Å². The fraction of sp³-hybridized carbons (Fsp3) is 0.0833. The molecule has 4 nitrogen and oxygen atoms in total. The first-order valence-corrected chi connectivity index (χ1v) is 9.75. The third-order valence-corrected chi connectivity index (χ3v) is 5.09. The van der Waals surface area contributed by atoms with Gasteiger partial charge in [-0.2, -0.15) is 0 Å². The molecule has 6 heteroatoms. The summed E-state index contributed by atoms with van der Waals surface area (Å²) in [6, 6.07) is 20.0. The van der Waals surface area contributed by atoms with Crippen LogP contribution >= 0.6 is 11.6 Å². The van der Waals surface area contributed by atoms with Crippen LogP contribution in [-0.4, -0.2) is 16.7 Å². The van der Waals surface area contributed by atoms with Crippen LogP contribution in [0.5, 0.6) is 0 Å². The standard InChI is InChI=1S/C24H18ClFN2O2/c1-15-3-2-4-20(13-15)27-22-21(17-7-11-19(26)12-8-17)23(29)28(24(22)30)14-16-5-9-18(25)10-6-16/h2-13,27H,14H2,1H3. The summed E-state index contributed by atoms with van der Waals surface area (Å²) in [5.41, 5.74) is 3.35. The molecule has 150 valence electrons. The van der Waals surface area contributed by atoms with Crippen molar-refractivity contribution in [1.82, 2.24) is 4.90 Å². The largest absolute Gasteiger partial charge is 0.350 e. The quantitative estimate of drug-likeness (QED) is 0.578. The fourth-order valence-corrected chi connectivity index (χ4v) is 3.49. The molecular weight excluding hydrogens is 403 g/mol. The number of halogens is 2. The van der Waals surface area contributed by atoms with E-state index < -0.39 is 17.6 Å². The number of rotatable bonds is 5. The fourth-order valence-electron chi connectivity index (χ4n) is 3.36. The van der Waals surface area contributed by atoms with Crippen LogP contribution < -0.4 is 5.32 Å². The minimum Gasteiger partial charge on any atom is -0.350 e. The van der Waals surface area contributed by atoms with Crippen LogP contribution in [0, 0.1) is 12.7 Å². The van der Waals surface area contributed by atoms with E-state index in [4.69, 9.17) is 11.6 Å². The number of aryl methyl sites for hydroxylation is 1. The van der Waals surface area contributed by atoms with Crippen molar-refractivity contribution in [3.05, 3.63) is 106 Å². The third kappa shape index (κ3) is 3.98. The van der Waals surface area contributed by atoms with E-state index in [2.05, 4.69) is 5.32 Å². The summed E-state index contributed by atoms with van der Waals surface area (Å²) >= 11 is 5.93. The van der Waals surface area contributed by atoms with Gasteiger partial charge in [0.2, 0.25) is 0 Å². The van der Waals surface area contributed by atoms with Gasteiger partial charge in [0.25, 0.3) is 11.8 Å². The molecule has 1 aliphatic rings. The second-order valence-electron chi connectivity index (χ2n) is 7.07. The molecule has 1 N–H and O–H groups in total. The zero-order valence-electron chi connectivity index (χ0n) is 16.2. The van der Waals surface area contributed by atoms with Crippen LogP contribution in [0.1, 0.15) is 16.7 Å². The number of carbonyl (C=O) groups excluding carboxylic acids is 2. The van der Waals surface area contributed by atoms with E-state index in [0.29, 0.717) is 16.3 Å². The first-order chi connectivity index (χ1) is 14.4.